The summed E-state index contributed by atoms with van der Waals surface area (Å²) < 4.78 is 5.76. The molecule has 6 heteroatoms. The Morgan fingerprint density at radius 1 is 1.45 bits per heavy atom. The minimum absolute atomic E-state index is 0.0620. The minimum Gasteiger partial charge on any atom is -0.445 e. The quantitative estimate of drug-likeness (QED) is 0.939. The highest BCUT2D eigenvalue weighted by Crippen LogP contribution is 2.24. The van der Waals surface area contributed by atoms with Crippen LogP contribution in [-0.2, 0) is 16.6 Å². The second kappa shape index (κ2) is 5.75. The zero-order chi connectivity index (χ0) is 14.8. The molecular weight excluding hydrogens is 274 g/mol. The van der Waals surface area contributed by atoms with E-state index in [1.807, 2.05) is 12.3 Å². The Labute approximate surface area is 122 Å². The Hall–Kier alpha value is -1.69. The molecule has 0 bridgehead atoms. The number of hydrogen-bond acceptors (Lipinski definition) is 5. The second-order valence-corrected chi connectivity index (χ2v) is 6.56. The van der Waals surface area contributed by atoms with Crippen LogP contribution in [0.1, 0.15) is 44.5 Å². The molecule has 0 saturated heterocycles. The van der Waals surface area contributed by atoms with Crippen molar-refractivity contribution in [2.45, 2.75) is 46.0 Å². The summed E-state index contributed by atoms with van der Waals surface area (Å²) in [7, 11) is 0. The molecule has 0 aliphatic carbocycles. The van der Waals surface area contributed by atoms with Crippen LogP contribution in [0.2, 0.25) is 0 Å². The Morgan fingerprint density at radius 2 is 2.20 bits per heavy atom. The molecule has 0 aliphatic heterocycles. The van der Waals surface area contributed by atoms with Crippen molar-refractivity contribution in [3.05, 3.63) is 28.9 Å². The molecule has 5 nitrogen and oxygen atoms in total. The monoisotopic (exact) mass is 293 g/mol. The summed E-state index contributed by atoms with van der Waals surface area (Å²) in [5.41, 5.74) is 0.739. The number of oxazole rings is 1. The van der Waals surface area contributed by atoms with E-state index in [-0.39, 0.29) is 11.3 Å². The van der Waals surface area contributed by atoms with Crippen LogP contribution in [-0.4, -0.2) is 15.9 Å². The fourth-order valence-electron chi connectivity index (χ4n) is 1.67. The maximum Gasteiger partial charge on any atom is 0.226 e. The van der Waals surface area contributed by atoms with E-state index >= 15 is 0 Å². The topological polar surface area (TPSA) is 68.0 Å². The van der Waals surface area contributed by atoms with Crippen molar-refractivity contribution in [3.63, 3.8) is 0 Å². The molecule has 0 radical (unpaired) electrons. The van der Waals surface area contributed by atoms with Crippen molar-refractivity contribution in [1.29, 1.82) is 0 Å². The number of carbonyl (C=O) groups is 1. The lowest BCUT2D eigenvalue weighted by atomic mass is 9.97. The van der Waals surface area contributed by atoms with Crippen LogP contribution in [0.5, 0.6) is 0 Å². The third-order valence-electron chi connectivity index (χ3n) is 2.79. The van der Waals surface area contributed by atoms with Crippen LogP contribution in [0.15, 0.2) is 16.0 Å². The fraction of sp³-hybridized carbons (Fsp3) is 0.500. The van der Waals surface area contributed by atoms with Crippen molar-refractivity contribution in [2.24, 2.45) is 0 Å². The van der Waals surface area contributed by atoms with Crippen molar-refractivity contribution >= 4 is 22.4 Å². The van der Waals surface area contributed by atoms with E-state index in [4.69, 9.17) is 4.42 Å². The molecule has 1 amide bonds. The highest BCUT2D eigenvalue weighted by molar-refractivity contribution is 7.13. The van der Waals surface area contributed by atoms with Crippen LogP contribution < -0.4 is 5.32 Å². The summed E-state index contributed by atoms with van der Waals surface area (Å²) in [6, 6.07) is 0. The molecule has 0 aliphatic rings. The fourth-order valence-corrected chi connectivity index (χ4v) is 2.22. The van der Waals surface area contributed by atoms with Crippen molar-refractivity contribution in [1.82, 2.24) is 9.97 Å². The van der Waals surface area contributed by atoms with Gasteiger partial charge >= 0.3 is 0 Å². The second-order valence-electron chi connectivity index (χ2n) is 5.66. The molecule has 0 atom stereocenters. The van der Waals surface area contributed by atoms with Crippen molar-refractivity contribution in [2.75, 3.05) is 5.32 Å². The molecule has 20 heavy (non-hydrogen) atoms. The normalized spacial score (nSPS) is 11.6. The van der Waals surface area contributed by atoms with Gasteiger partial charge in [-0.1, -0.05) is 20.8 Å². The highest BCUT2D eigenvalue weighted by atomic mass is 32.1. The number of rotatable bonds is 4. The van der Waals surface area contributed by atoms with E-state index < -0.39 is 0 Å². The summed E-state index contributed by atoms with van der Waals surface area (Å²) in [5.74, 6) is 1.43. The molecule has 2 aromatic heterocycles. The van der Waals surface area contributed by atoms with E-state index in [1.165, 1.54) is 11.3 Å². The van der Waals surface area contributed by atoms with E-state index in [2.05, 4.69) is 36.1 Å². The number of aromatic nitrogens is 2. The molecule has 0 unspecified atom stereocenters. The van der Waals surface area contributed by atoms with Crippen LogP contribution >= 0.6 is 11.3 Å². The van der Waals surface area contributed by atoms with E-state index in [1.54, 1.807) is 6.20 Å². The van der Waals surface area contributed by atoms with Gasteiger partial charge in [0.1, 0.15) is 5.76 Å². The standard InChI is InChI=1S/C14H19N3O2S/c1-9-10(19-12(16-9)14(2,3)4)5-6-11(18)17-13-15-7-8-20-13/h7-8H,5-6H2,1-4H3,(H,15,17,18). The van der Waals surface area contributed by atoms with Gasteiger partial charge < -0.3 is 9.73 Å². The van der Waals surface area contributed by atoms with Crippen molar-refractivity contribution in [3.8, 4) is 0 Å². The van der Waals surface area contributed by atoms with Crippen LogP contribution in [0.4, 0.5) is 5.13 Å². The lowest BCUT2D eigenvalue weighted by Gasteiger charge is -2.12. The first-order valence-corrected chi connectivity index (χ1v) is 7.40. The predicted octanol–water partition coefficient (Wildman–Crippen LogP) is 3.31. The smallest absolute Gasteiger partial charge is 0.226 e. The number of anilines is 1. The molecule has 0 fully saturated rings. The third kappa shape index (κ3) is 3.66. The SMILES string of the molecule is Cc1nc(C(C)(C)C)oc1CCC(=O)Nc1nccs1. The lowest BCUT2D eigenvalue weighted by molar-refractivity contribution is -0.116. The summed E-state index contributed by atoms with van der Waals surface area (Å²) >= 11 is 1.40. The average molecular weight is 293 g/mol. The number of thiazole rings is 1. The van der Waals surface area contributed by atoms with Gasteiger partial charge in [-0.05, 0) is 6.92 Å². The number of amides is 1. The number of nitrogens with zero attached hydrogens (tertiary/aromatic N) is 2. The van der Waals surface area contributed by atoms with Crippen LogP contribution in [0.3, 0.4) is 0 Å². The van der Waals surface area contributed by atoms with Gasteiger partial charge in [0.15, 0.2) is 11.0 Å². The Kier molecular flexibility index (Phi) is 4.23. The minimum atomic E-state index is -0.119. The molecule has 0 aromatic carbocycles. The van der Waals surface area contributed by atoms with Gasteiger partial charge in [0.25, 0.3) is 0 Å². The number of hydrogen-bond donors (Lipinski definition) is 1. The zero-order valence-corrected chi connectivity index (χ0v) is 13.0. The largest absolute Gasteiger partial charge is 0.445 e. The molecule has 0 saturated carbocycles. The predicted molar refractivity (Wildman–Crippen MR) is 79.0 cm³/mol. The summed E-state index contributed by atoms with van der Waals surface area (Å²) in [5, 5.41) is 5.20. The Balaban J connectivity index is 1.94. The molecule has 2 rings (SSSR count). The molecule has 108 valence electrons. The van der Waals surface area contributed by atoms with Gasteiger partial charge in [0.2, 0.25) is 5.91 Å². The maximum atomic E-state index is 11.8. The molecule has 0 spiro atoms. The highest BCUT2D eigenvalue weighted by Gasteiger charge is 2.22. The number of carbonyl (C=O) groups excluding carboxylic acids is 1. The van der Waals surface area contributed by atoms with Gasteiger partial charge in [-0.3, -0.25) is 4.79 Å². The van der Waals surface area contributed by atoms with Gasteiger partial charge in [0, 0.05) is 29.8 Å². The number of aryl methyl sites for hydroxylation is 2. The summed E-state index contributed by atoms with van der Waals surface area (Å²) in [6.07, 6.45) is 2.57. The zero-order valence-electron chi connectivity index (χ0n) is 12.2. The third-order valence-corrected chi connectivity index (χ3v) is 3.48. The average Bonchev–Trinajstić information content (AvgIpc) is 2.95. The molecule has 2 heterocycles. The van der Waals surface area contributed by atoms with Crippen LogP contribution in [0.25, 0.3) is 0 Å². The first kappa shape index (κ1) is 14.7. The first-order valence-electron chi connectivity index (χ1n) is 6.52. The molecule has 1 N–H and O–H groups in total. The Morgan fingerprint density at radius 3 is 2.75 bits per heavy atom. The first-order chi connectivity index (χ1) is 9.36. The summed E-state index contributed by atoms with van der Waals surface area (Å²) in [6.45, 7) is 8.07. The van der Waals surface area contributed by atoms with Gasteiger partial charge in [0.05, 0.1) is 5.69 Å². The van der Waals surface area contributed by atoms with Gasteiger partial charge in [-0.25, -0.2) is 9.97 Å². The number of nitrogens with one attached hydrogen (secondary N) is 1. The van der Waals surface area contributed by atoms with E-state index in [9.17, 15) is 4.79 Å². The maximum absolute atomic E-state index is 11.8. The van der Waals surface area contributed by atoms with Crippen molar-refractivity contribution < 1.29 is 9.21 Å². The molecule has 2 aromatic rings. The van der Waals surface area contributed by atoms with Crippen LogP contribution in [0, 0.1) is 6.92 Å². The lowest BCUT2D eigenvalue weighted by Crippen LogP contribution is -2.12. The Bertz CT molecular complexity index is 582. The van der Waals surface area contributed by atoms with E-state index in [0.717, 1.165) is 11.5 Å². The molecular formula is C14H19N3O2S. The van der Waals surface area contributed by atoms with Gasteiger partial charge in [-0.15, -0.1) is 11.3 Å². The van der Waals surface area contributed by atoms with E-state index in [0.29, 0.717) is 23.9 Å². The summed E-state index contributed by atoms with van der Waals surface area (Å²) in [4.78, 5) is 20.2. The van der Waals surface area contributed by atoms with Gasteiger partial charge in [-0.2, -0.15) is 0 Å².